The van der Waals surface area contributed by atoms with E-state index in [4.69, 9.17) is 38.5 Å². The topological polar surface area (TPSA) is 169 Å². The molecule has 0 aliphatic heterocycles. The number of rotatable bonds is 21. The summed E-state index contributed by atoms with van der Waals surface area (Å²) < 4.78 is 34.3. The SMILES string of the molecule is C=CC(=O)OCCCCCCOc1ccc(OC(=O)C2CCC(C(=O)Oc3ccc(OC(=O)C4CCC(C(=O)OC)CC4)c(/C=N/N(CCC)c4nc5ccccc5s4)c3)CC2)cc1. The van der Waals surface area contributed by atoms with Crippen molar-refractivity contribution in [3.63, 3.8) is 0 Å². The van der Waals surface area contributed by atoms with E-state index in [9.17, 15) is 24.0 Å². The molecule has 1 heterocycles. The fraction of sp³-hybridized carbons (Fsp3) is 0.449. The van der Waals surface area contributed by atoms with Crippen molar-refractivity contribution in [3.05, 3.63) is 84.9 Å². The molecule has 2 aliphatic carbocycles. The molecule has 340 valence electrons. The Hall–Kier alpha value is -6.09. The largest absolute Gasteiger partial charge is 0.494 e. The number of hydrazone groups is 1. The fourth-order valence-corrected chi connectivity index (χ4v) is 8.72. The van der Waals surface area contributed by atoms with Crippen molar-refractivity contribution >= 4 is 62.7 Å². The number of aromatic nitrogens is 1. The second-order valence-electron chi connectivity index (χ2n) is 16.0. The molecule has 0 N–H and O–H groups in total. The smallest absolute Gasteiger partial charge is 0.330 e. The Morgan fingerprint density at radius 2 is 1.28 bits per heavy atom. The van der Waals surface area contributed by atoms with Crippen molar-refractivity contribution in [2.24, 2.45) is 28.8 Å². The summed E-state index contributed by atoms with van der Waals surface area (Å²) in [5.74, 6) is -1.56. The summed E-state index contributed by atoms with van der Waals surface area (Å²) in [6.07, 6.45) is 11.0. The van der Waals surface area contributed by atoms with Crippen molar-refractivity contribution in [1.29, 1.82) is 0 Å². The summed E-state index contributed by atoms with van der Waals surface area (Å²) in [7, 11) is 1.37. The second-order valence-corrected chi connectivity index (χ2v) is 17.0. The minimum Gasteiger partial charge on any atom is -0.494 e. The molecule has 15 heteroatoms. The number of unbranched alkanes of at least 4 members (excludes halogenated alkanes) is 3. The number of hydrogen-bond acceptors (Lipinski definition) is 15. The zero-order valence-electron chi connectivity index (χ0n) is 36.6. The first-order valence-electron chi connectivity index (χ1n) is 22.2. The van der Waals surface area contributed by atoms with E-state index in [1.165, 1.54) is 18.4 Å². The zero-order valence-corrected chi connectivity index (χ0v) is 37.4. The maximum absolute atomic E-state index is 13.5. The van der Waals surface area contributed by atoms with Crippen LogP contribution in [0.4, 0.5) is 5.13 Å². The van der Waals surface area contributed by atoms with Gasteiger partial charge in [0.15, 0.2) is 0 Å². The molecule has 14 nitrogen and oxygen atoms in total. The lowest BCUT2D eigenvalue weighted by atomic mass is 9.82. The number of benzene rings is 3. The van der Waals surface area contributed by atoms with Crippen LogP contribution < -0.4 is 24.0 Å². The number of nitrogens with zero attached hydrogens (tertiary/aromatic N) is 3. The molecule has 0 bridgehead atoms. The third kappa shape index (κ3) is 13.7. The van der Waals surface area contributed by atoms with Crippen molar-refractivity contribution in [2.45, 2.75) is 90.4 Å². The van der Waals surface area contributed by atoms with Gasteiger partial charge >= 0.3 is 29.8 Å². The van der Waals surface area contributed by atoms with E-state index in [1.54, 1.807) is 53.7 Å². The zero-order chi connectivity index (χ0) is 45.3. The number of ether oxygens (including phenoxy) is 6. The molecular weight excluding hydrogens is 839 g/mol. The number of fused-ring (bicyclic) bond motifs is 1. The molecule has 0 saturated heterocycles. The number of hydrogen-bond donors (Lipinski definition) is 0. The highest BCUT2D eigenvalue weighted by Crippen LogP contribution is 2.35. The van der Waals surface area contributed by atoms with Crippen LogP contribution in [-0.2, 0) is 33.4 Å². The molecule has 2 aliphatic rings. The minimum atomic E-state index is -0.413. The maximum atomic E-state index is 13.5. The van der Waals surface area contributed by atoms with Crippen LogP contribution in [0, 0.1) is 23.7 Å². The molecule has 0 spiro atoms. The van der Waals surface area contributed by atoms with Crippen LogP contribution in [-0.4, -0.2) is 67.9 Å². The van der Waals surface area contributed by atoms with Crippen molar-refractivity contribution in [1.82, 2.24) is 4.98 Å². The van der Waals surface area contributed by atoms with Crippen LogP contribution in [0.1, 0.15) is 96.0 Å². The first kappa shape index (κ1) is 47.4. The van der Waals surface area contributed by atoms with E-state index in [1.807, 2.05) is 31.2 Å². The molecule has 4 aromatic rings. The molecule has 0 unspecified atom stereocenters. The van der Waals surface area contributed by atoms with Crippen LogP contribution in [0.25, 0.3) is 10.2 Å². The highest BCUT2D eigenvalue weighted by molar-refractivity contribution is 7.22. The van der Waals surface area contributed by atoms with Gasteiger partial charge in [-0.15, -0.1) is 0 Å². The predicted octanol–water partition coefficient (Wildman–Crippen LogP) is 9.42. The maximum Gasteiger partial charge on any atom is 0.330 e. The average Bonchev–Trinajstić information content (AvgIpc) is 3.76. The van der Waals surface area contributed by atoms with Gasteiger partial charge in [0.25, 0.3) is 0 Å². The van der Waals surface area contributed by atoms with Gasteiger partial charge in [-0.3, -0.25) is 19.2 Å². The number of methoxy groups -OCH3 is 1. The lowest BCUT2D eigenvalue weighted by molar-refractivity contribution is -0.149. The van der Waals surface area contributed by atoms with E-state index < -0.39 is 23.8 Å². The quantitative estimate of drug-likeness (QED) is 0.0194. The first-order valence-corrected chi connectivity index (χ1v) is 23.0. The van der Waals surface area contributed by atoms with E-state index in [0.29, 0.717) is 93.3 Å². The van der Waals surface area contributed by atoms with E-state index in [2.05, 4.69) is 6.58 Å². The Balaban J connectivity index is 1.02. The molecular formula is C49H57N3O11S. The second kappa shape index (κ2) is 24.1. The van der Waals surface area contributed by atoms with Crippen molar-refractivity contribution < 1.29 is 52.4 Å². The molecule has 1 aromatic heterocycles. The average molecular weight is 896 g/mol. The van der Waals surface area contributed by atoms with Crippen LogP contribution in [0.5, 0.6) is 23.0 Å². The normalized spacial score (nSPS) is 18.5. The molecule has 0 atom stereocenters. The third-order valence-electron chi connectivity index (χ3n) is 11.4. The van der Waals surface area contributed by atoms with Crippen LogP contribution >= 0.6 is 11.3 Å². The number of carbonyl (C=O) groups is 5. The summed E-state index contributed by atoms with van der Waals surface area (Å²) >= 11 is 1.52. The number of anilines is 1. The minimum absolute atomic E-state index is 0.227. The number of para-hydroxylation sites is 1. The van der Waals surface area contributed by atoms with Gasteiger partial charge in [0, 0.05) is 18.2 Å². The summed E-state index contributed by atoms with van der Waals surface area (Å²) in [5, 5.41) is 7.30. The van der Waals surface area contributed by atoms with Gasteiger partial charge < -0.3 is 28.4 Å². The van der Waals surface area contributed by atoms with Gasteiger partial charge in [0.1, 0.15) is 23.0 Å². The Morgan fingerprint density at radius 1 is 0.719 bits per heavy atom. The summed E-state index contributed by atoms with van der Waals surface area (Å²) in [6, 6.07) is 19.6. The standard InChI is InChI=1S/C49H57N3O11S/c1-4-28-52(49-51-41-12-8-9-13-43(41)64-49)50-32-37-31-40(26-27-42(37)63-48(57)36-16-14-33(15-17-36)45(54)58-3)62-47(56)35-20-18-34(19-21-35)46(55)61-39-24-22-38(23-25-39)59-29-10-6-7-11-30-60-44(53)5-2/h5,8-9,12-13,22-27,31-36H,2,4,6-7,10-11,14-21,28-30H2,1,3H3/b50-32+. The number of thiazole rings is 1. The Labute approximate surface area is 377 Å². The molecule has 6 rings (SSSR count). The Morgan fingerprint density at radius 3 is 1.89 bits per heavy atom. The fourth-order valence-electron chi connectivity index (χ4n) is 7.77. The van der Waals surface area contributed by atoms with Gasteiger partial charge in [-0.25, -0.2) is 14.8 Å². The Bertz CT molecular complexity index is 2210. The van der Waals surface area contributed by atoms with Gasteiger partial charge in [0.05, 0.1) is 60.4 Å². The lowest BCUT2D eigenvalue weighted by Crippen LogP contribution is -2.30. The highest BCUT2D eigenvalue weighted by atomic mass is 32.1. The van der Waals surface area contributed by atoms with E-state index in [-0.39, 0.29) is 41.2 Å². The number of carbonyl (C=O) groups excluding carboxylic acids is 5. The molecule has 0 radical (unpaired) electrons. The molecule has 0 amide bonds. The summed E-state index contributed by atoms with van der Waals surface area (Å²) in [6.45, 7) is 6.94. The van der Waals surface area contributed by atoms with Gasteiger partial charge in [-0.2, -0.15) is 5.10 Å². The summed E-state index contributed by atoms with van der Waals surface area (Å²) in [5.41, 5.74) is 1.31. The van der Waals surface area contributed by atoms with E-state index >= 15 is 0 Å². The van der Waals surface area contributed by atoms with Crippen molar-refractivity contribution in [2.75, 3.05) is 31.9 Å². The highest BCUT2D eigenvalue weighted by Gasteiger charge is 2.34. The van der Waals surface area contributed by atoms with Crippen molar-refractivity contribution in [3.8, 4) is 23.0 Å². The molecule has 64 heavy (non-hydrogen) atoms. The van der Waals surface area contributed by atoms with E-state index in [0.717, 1.165) is 48.4 Å². The van der Waals surface area contributed by atoms with Crippen LogP contribution in [0.3, 0.4) is 0 Å². The molecule has 2 saturated carbocycles. The van der Waals surface area contributed by atoms with Gasteiger partial charge in [0.2, 0.25) is 5.13 Å². The van der Waals surface area contributed by atoms with Gasteiger partial charge in [-0.05, 0) is 138 Å². The van der Waals surface area contributed by atoms with Crippen LogP contribution in [0.2, 0.25) is 0 Å². The lowest BCUT2D eigenvalue weighted by Gasteiger charge is -2.26. The van der Waals surface area contributed by atoms with Gasteiger partial charge in [-0.1, -0.05) is 37.0 Å². The molecule has 3 aromatic carbocycles. The summed E-state index contributed by atoms with van der Waals surface area (Å²) in [4.78, 5) is 68.0. The third-order valence-corrected chi connectivity index (χ3v) is 12.5. The predicted molar refractivity (Wildman–Crippen MR) is 243 cm³/mol. The van der Waals surface area contributed by atoms with Crippen LogP contribution in [0.15, 0.2) is 84.5 Å². The first-order chi connectivity index (χ1) is 31.1. The molecule has 2 fully saturated rings. The monoisotopic (exact) mass is 895 g/mol. The Kier molecular flexibility index (Phi) is 17.8. The number of esters is 5.